The Morgan fingerprint density at radius 3 is 1.82 bits per heavy atom. The summed E-state index contributed by atoms with van der Waals surface area (Å²) in [5.41, 5.74) is 2.47. The van der Waals surface area contributed by atoms with Crippen molar-refractivity contribution in [3.8, 4) is 0 Å². The first-order chi connectivity index (χ1) is 15.9. The van der Waals surface area contributed by atoms with E-state index in [1.807, 2.05) is 61.2 Å². The van der Waals surface area contributed by atoms with Crippen molar-refractivity contribution >= 4 is 17.8 Å². The standard InChI is InChI=1S/C8H8.C7H9N.C5H13N.C3H7NO.C2H4O.C2H6S.CH4/c1-2-8-6-4-3-5-7-8;1-2-7-4-3-5-8-6-7;1-3-5-6-4-2;1-3(2)5-4;1-2-3;1-3-2;/h2-7H,1H2;3-6H,2H2,1H3;6H,3-5H2,1-2H3;1,4H2,2H3;2-3H,1H2;1-2H3;1H4. The molecular weight excluding hydrogens is 442 g/mol. The molecule has 0 amide bonds. The maximum absolute atomic E-state index is 7.33. The third-order valence-electron chi connectivity index (χ3n) is 3.04. The van der Waals surface area contributed by atoms with E-state index in [2.05, 4.69) is 67.6 Å². The number of nitrogens with two attached hydrogens (primary N) is 1. The molecule has 5 nitrogen and oxygen atoms in total. The summed E-state index contributed by atoms with van der Waals surface area (Å²) in [6.07, 6.45) is 12.7. The van der Waals surface area contributed by atoms with Crippen molar-refractivity contribution < 1.29 is 9.94 Å². The number of hydrogen-bond donors (Lipinski definition) is 3. The molecule has 0 spiro atoms. The molecule has 2 rings (SSSR count). The van der Waals surface area contributed by atoms with E-state index in [9.17, 15) is 0 Å². The van der Waals surface area contributed by atoms with Crippen molar-refractivity contribution in [2.75, 3.05) is 25.6 Å². The van der Waals surface area contributed by atoms with E-state index < -0.39 is 0 Å². The van der Waals surface area contributed by atoms with Gasteiger partial charge < -0.3 is 15.3 Å². The van der Waals surface area contributed by atoms with Crippen molar-refractivity contribution in [2.45, 2.75) is 48.0 Å². The second-order valence-corrected chi connectivity index (χ2v) is 6.91. The van der Waals surface area contributed by atoms with Gasteiger partial charge in [0.2, 0.25) is 0 Å². The summed E-state index contributed by atoms with van der Waals surface area (Å²) in [5.74, 6) is 5.10. The van der Waals surface area contributed by atoms with Gasteiger partial charge >= 0.3 is 0 Å². The van der Waals surface area contributed by atoms with Crippen molar-refractivity contribution in [1.82, 2.24) is 10.3 Å². The van der Waals surface area contributed by atoms with Crippen LogP contribution in [-0.2, 0) is 11.3 Å². The number of thioether (sulfide) groups is 1. The monoisotopic (exact) mass is 493 g/mol. The van der Waals surface area contributed by atoms with Crippen LogP contribution < -0.4 is 11.2 Å². The zero-order chi connectivity index (χ0) is 26.2. The Bertz CT molecular complexity index is 620. The molecule has 0 atom stereocenters. The van der Waals surface area contributed by atoms with Gasteiger partial charge in [-0.25, -0.2) is 0 Å². The Labute approximate surface area is 215 Å². The van der Waals surface area contributed by atoms with Crippen LogP contribution in [0.3, 0.4) is 0 Å². The topological polar surface area (TPSA) is 80.4 Å². The quantitative estimate of drug-likeness (QED) is 0.217. The Balaban J connectivity index is -0.000000103. The molecule has 2 aromatic rings. The van der Waals surface area contributed by atoms with E-state index in [1.54, 1.807) is 24.9 Å². The predicted molar refractivity (Wildman–Crippen MR) is 158 cm³/mol. The molecule has 196 valence electrons. The third-order valence-corrected chi connectivity index (χ3v) is 3.04. The van der Waals surface area contributed by atoms with E-state index in [4.69, 9.17) is 5.11 Å². The van der Waals surface area contributed by atoms with Crippen LogP contribution in [0.2, 0.25) is 0 Å². The van der Waals surface area contributed by atoms with Gasteiger partial charge in [0.05, 0.1) is 6.26 Å². The fourth-order valence-corrected chi connectivity index (χ4v) is 1.55. The van der Waals surface area contributed by atoms with E-state index in [0.717, 1.165) is 25.8 Å². The molecule has 0 fully saturated rings. The first kappa shape index (κ1) is 41.7. The molecule has 0 radical (unpaired) electrons. The highest BCUT2D eigenvalue weighted by molar-refractivity contribution is 7.97. The maximum Gasteiger partial charge on any atom is 0.113 e. The number of benzene rings is 1. The highest BCUT2D eigenvalue weighted by Gasteiger charge is 1.81. The molecule has 0 aliphatic heterocycles. The molecule has 0 saturated carbocycles. The lowest BCUT2D eigenvalue weighted by Crippen LogP contribution is -2.12. The minimum absolute atomic E-state index is 0. The molecule has 34 heavy (non-hydrogen) atoms. The lowest BCUT2D eigenvalue weighted by Gasteiger charge is -1.91. The van der Waals surface area contributed by atoms with Crippen LogP contribution in [0.25, 0.3) is 6.08 Å². The molecule has 0 aliphatic rings. The zero-order valence-electron chi connectivity index (χ0n) is 21.6. The average Bonchev–Trinajstić information content (AvgIpc) is 2.86. The Kier molecular flexibility index (Phi) is 50.0. The van der Waals surface area contributed by atoms with Crippen LogP contribution in [0.1, 0.15) is 52.7 Å². The van der Waals surface area contributed by atoms with Crippen molar-refractivity contribution in [3.63, 3.8) is 0 Å². The largest absolute Gasteiger partial charge is 0.516 e. The Hall–Kier alpha value is -2.54. The highest BCUT2D eigenvalue weighted by atomic mass is 32.2. The van der Waals surface area contributed by atoms with Crippen molar-refractivity contribution in [3.05, 3.63) is 97.7 Å². The first-order valence-electron chi connectivity index (χ1n) is 10.8. The fourth-order valence-electron chi connectivity index (χ4n) is 1.55. The second kappa shape index (κ2) is 40.8. The highest BCUT2D eigenvalue weighted by Crippen LogP contribution is 1.97. The molecule has 1 aromatic heterocycles. The normalized spacial score (nSPS) is 7.62. The molecule has 1 heterocycles. The van der Waals surface area contributed by atoms with E-state index in [0.29, 0.717) is 5.76 Å². The number of nitrogens with one attached hydrogen (secondary N) is 1. The predicted octanol–water partition coefficient (Wildman–Crippen LogP) is 7.69. The molecule has 4 N–H and O–H groups in total. The van der Waals surface area contributed by atoms with Gasteiger partial charge in [-0.15, -0.1) is 0 Å². The summed E-state index contributed by atoms with van der Waals surface area (Å²) in [4.78, 5) is 8.01. The number of aryl methyl sites for hydroxylation is 1. The second-order valence-electron chi connectivity index (χ2n) is 6.09. The number of rotatable bonds is 6. The van der Waals surface area contributed by atoms with Crippen molar-refractivity contribution in [1.29, 1.82) is 0 Å². The SMILES string of the molecule is C.C=C(C)ON.C=CO.C=Cc1ccccc1.CCCNCC.CCc1cccnc1.CSC. The molecule has 0 bridgehead atoms. The van der Waals surface area contributed by atoms with E-state index in [1.165, 1.54) is 17.5 Å². The molecule has 6 heteroatoms. The Morgan fingerprint density at radius 2 is 1.62 bits per heavy atom. The van der Waals surface area contributed by atoms with Gasteiger partial charge in [-0.3, -0.25) is 4.98 Å². The average molecular weight is 494 g/mol. The summed E-state index contributed by atoms with van der Waals surface area (Å²) in [6, 6.07) is 14.1. The lowest BCUT2D eigenvalue weighted by molar-refractivity contribution is 0.224. The van der Waals surface area contributed by atoms with Gasteiger partial charge in [-0.2, -0.15) is 17.7 Å². The Morgan fingerprint density at radius 1 is 1.12 bits per heavy atom. The van der Waals surface area contributed by atoms with E-state index in [-0.39, 0.29) is 7.43 Å². The van der Waals surface area contributed by atoms with E-state index >= 15 is 0 Å². The van der Waals surface area contributed by atoms with Crippen molar-refractivity contribution in [2.24, 2.45) is 5.90 Å². The summed E-state index contributed by atoms with van der Waals surface area (Å²) in [6.45, 7) is 20.2. The van der Waals surface area contributed by atoms with Gasteiger partial charge in [0.25, 0.3) is 0 Å². The molecular formula is C28H51N3O2S. The van der Waals surface area contributed by atoms with Gasteiger partial charge in [0, 0.05) is 12.4 Å². The molecule has 0 unspecified atom stereocenters. The number of aromatic nitrogens is 1. The van der Waals surface area contributed by atoms with Crippen LogP contribution >= 0.6 is 11.8 Å². The smallest absolute Gasteiger partial charge is 0.113 e. The molecule has 0 saturated heterocycles. The third kappa shape index (κ3) is 47.3. The fraction of sp³-hybridized carbons (Fsp3) is 0.393. The van der Waals surface area contributed by atoms with Crippen LogP contribution in [0, 0.1) is 0 Å². The first-order valence-corrected chi connectivity index (χ1v) is 12.5. The number of aliphatic hydroxyl groups is 1. The molecule has 1 aromatic carbocycles. The summed E-state index contributed by atoms with van der Waals surface area (Å²) in [7, 11) is 0. The van der Waals surface area contributed by atoms with Gasteiger partial charge in [0.1, 0.15) is 5.76 Å². The number of aliphatic hydroxyl groups excluding tert-OH is 1. The van der Waals surface area contributed by atoms with Gasteiger partial charge in [-0.1, -0.05) is 90.4 Å². The van der Waals surface area contributed by atoms with Crippen LogP contribution in [0.5, 0.6) is 0 Å². The maximum atomic E-state index is 7.33. The lowest BCUT2D eigenvalue weighted by atomic mass is 10.2. The van der Waals surface area contributed by atoms with Gasteiger partial charge in [0.15, 0.2) is 0 Å². The van der Waals surface area contributed by atoms with Crippen LogP contribution in [0.15, 0.2) is 86.6 Å². The zero-order valence-corrected chi connectivity index (χ0v) is 22.4. The van der Waals surface area contributed by atoms with Gasteiger partial charge in [-0.05, 0) is 62.6 Å². The van der Waals surface area contributed by atoms with Crippen LogP contribution in [0.4, 0.5) is 0 Å². The van der Waals surface area contributed by atoms with Crippen LogP contribution in [-0.4, -0.2) is 35.7 Å². The minimum Gasteiger partial charge on any atom is -0.516 e. The number of hydrogen-bond acceptors (Lipinski definition) is 6. The number of allylic oxidation sites excluding steroid dienone is 1. The summed E-state index contributed by atoms with van der Waals surface area (Å²) < 4.78 is 0. The summed E-state index contributed by atoms with van der Waals surface area (Å²) >= 11 is 1.75. The minimum atomic E-state index is 0. The summed E-state index contributed by atoms with van der Waals surface area (Å²) in [5, 5.41) is 10.5. The number of nitrogens with zero attached hydrogens (tertiary/aromatic N) is 1. The number of pyridine rings is 1. The molecule has 0 aliphatic carbocycles.